The Hall–Kier alpha value is -3.08. The quantitative estimate of drug-likeness (QED) is 0.775. The number of hydrogen-bond acceptors (Lipinski definition) is 5. The zero-order valence-electron chi connectivity index (χ0n) is 16.1. The number of nitrogens with zero attached hydrogens (tertiary/aromatic N) is 3. The molecule has 2 fully saturated rings. The van der Waals surface area contributed by atoms with E-state index >= 15 is 0 Å². The minimum absolute atomic E-state index is 0.0986. The fourth-order valence-corrected chi connectivity index (χ4v) is 4.00. The monoisotopic (exact) mass is 394 g/mol. The van der Waals surface area contributed by atoms with E-state index in [4.69, 9.17) is 16.4 Å². The van der Waals surface area contributed by atoms with Gasteiger partial charge in [0.25, 0.3) is 0 Å². The summed E-state index contributed by atoms with van der Waals surface area (Å²) in [5.74, 6) is 2.08. The topological polar surface area (TPSA) is 89.2 Å². The van der Waals surface area contributed by atoms with Crippen LogP contribution in [0.15, 0.2) is 18.2 Å². The van der Waals surface area contributed by atoms with Crippen molar-refractivity contribution in [3.63, 3.8) is 0 Å². The molecule has 7 heteroatoms. The Morgan fingerprint density at radius 1 is 1.21 bits per heavy atom. The molecule has 1 N–H and O–H groups in total. The van der Waals surface area contributed by atoms with Crippen LogP contribution in [0.25, 0.3) is 0 Å². The van der Waals surface area contributed by atoms with Crippen LogP contribution in [0.2, 0.25) is 0 Å². The van der Waals surface area contributed by atoms with Gasteiger partial charge < -0.3 is 15.0 Å². The summed E-state index contributed by atoms with van der Waals surface area (Å²) in [5.41, 5.74) is 0.260. The number of terminal acetylenes is 1. The summed E-state index contributed by atoms with van der Waals surface area (Å²) in [7, 11) is 0. The molecule has 6 nitrogen and oxygen atoms in total. The maximum atomic E-state index is 14.0. The molecule has 29 heavy (non-hydrogen) atoms. The maximum Gasteiger partial charge on any atom is 0.238 e. The molecule has 0 unspecified atom stereocenters. The first-order valence-corrected chi connectivity index (χ1v) is 9.82. The lowest BCUT2D eigenvalue weighted by Gasteiger charge is -2.30. The summed E-state index contributed by atoms with van der Waals surface area (Å²) in [6, 6.07) is 7.66. The predicted molar refractivity (Wildman–Crippen MR) is 104 cm³/mol. The van der Waals surface area contributed by atoms with Crippen LogP contribution in [0.5, 0.6) is 5.75 Å². The molecule has 1 aliphatic heterocycles. The Kier molecular flexibility index (Phi) is 6.70. The number of benzene rings is 1. The summed E-state index contributed by atoms with van der Waals surface area (Å²) in [5, 5.41) is 21.3. The lowest BCUT2D eigenvalue weighted by molar-refractivity contribution is -0.131. The molecule has 1 amide bonds. The number of nitrogens with one attached hydrogen (secondary N) is 1. The maximum absolute atomic E-state index is 14.0. The van der Waals surface area contributed by atoms with Crippen molar-refractivity contribution in [1.82, 2.24) is 10.2 Å². The minimum Gasteiger partial charge on any atom is -0.487 e. The van der Waals surface area contributed by atoms with Gasteiger partial charge in [0.2, 0.25) is 5.91 Å². The van der Waals surface area contributed by atoms with E-state index < -0.39 is 11.9 Å². The van der Waals surface area contributed by atoms with E-state index in [0.29, 0.717) is 12.8 Å². The van der Waals surface area contributed by atoms with Crippen LogP contribution in [-0.4, -0.2) is 41.6 Å². The van der Waals surface area contributed by atoms with Gasteiger partial charge in [-0.3, -0.25) is 4.79 Å². The molecule has 0 aromatic heterocycles. The SMILES string of the molecule is C#C[C@H]1CC[C@@H](C#N)N1C(=O)CNC1CCC(Oc2ccc(C#N)cc2F)CC1. The Bertz CT molecular complexity index is 852. The highest BCUT2D eigenvalue weighted by atomic mass is 19.1. The average molecular weight is 394 g/mol. The van der Waals surface area contributed by atoms with Crippen molar-refractivity contribution in [3.05, 3.63) is 29.6 Å². The normalized spacial score (nSPS) is 26.2. The predicted octanol–water partition coefficient (Wildman–Crippen LogP) is 2.49. The number of hydrogen-bond donors (Lipinski definition) is 1. The van der Waals surface area contributed by atoms with Crippen molar-refractivity contribution < 1.29 is 13.9 Å². The van der Waals surface area contributed by atoms with E-state index in [1.54, 1.807) is 0 Å². The van der Waals surface area contributed by atoms with Gasteiger partial charge in [-0.2, -0.15) is 10.5 Å². The molecular formula is C22H23FN4O2. The first kappa shape index (κ1) is 20.6. The van der Waals surface area contributed by atoms with E-state index in [1.807, 2.05) is 6.07 Å². The summed E-state index contributed by atoms with van der Waals surface area (Å²) in [4.78, 5) is 14.1. The number of likely N-dealkylation sites (tertiary alicyclic amines) is 1. The molecule has 1 aliphatic carbocycles. The van der Waals surface area contributed by atoms with Crippen molar-refractivity contribution in [2.75, 3.05) is 6.54 Å². The van der Waals surface area contributed by atoms with Gasteiger partial charge in [-0.1, -0.05) is 5.92 Å². The van der Waals surface area contributed by atoms with Crippen LogP contribution in [0.3, 0.4) is 0 Å². The Balaban J connectivity index is 1.45. The van der Waals surface area contributed by atoms with E-state index in [1.165, 1.54) is 23.1 Å². The highest BCUT2D eigenvalue weighted by Crippen LogP contribution is 2.27. The molecule has 0 bridgehead atoms. The van der Waals surface area contributed by atoms with Crippen molar-refractivity contribution in [2.24, 2.45) is 0 Å². The van der Waals surface area contributed by atoms with Gasteiger partial charge in [0.15, 0.2) is 11.6 Å². The number of amides is 1. The fourth-order valence-electron chi connectivity index (χ4n) is 4.00. The van der Waals surface area contributed by atoms with Crippen molar-refractivity contribution in [2.45, 2.75) is 62.8 Å². The second-order valence-corrected chi connectivity index (χ2v) is 7.44. The van der Waals surface area contributed by atoms with E-state index in [9.17, 15) is 14.4 Å². The van der Waals surface area contributed by atoms with Crippen LogP contribution < -0.4 is 10.1 Å². The molecule has 2 atom stereocenters. The number of rotatable bonds is 5. The Morgan fingerprint density at radius 2 is 1.93 bits per heavy atom. The van der Waals surface area contributed by atoms with Crippen molar-refractivity contribution in [1.29, 1.82) is 10.5 Å². The first-order valence-electron chi connectivity index (χ1n) is 9.82. The third-order valence-electron chi connectivity index (χ3n) is 5.59. The van der Waals surface area contributed by atoms with Crippen LogP contribution in [0.1, 0.15) is 44.1 Å². The minimum atomic E-state index is -0.532. The largest absolute Gasteiger partial charge is 0.487 e. The molecule has 1 saturated carbocycles. The second-order valence-electron chi connectivity index (χ2n) is 7.44. The summed E-state index contributed by atoms with van der Waals surface area (Å²) < 4.78 is 19.7. The lowest BCUT2D eigenvalue weighted by atomic mass is 9.93. The van der Waals surface area contributed by atoms with Gasteiger partial charge in [-0.05, 0) is 56.7 Å². The summed E-state index contributed by atoms with van der Waals surface area (Å²) in [6.07, 6.45) is 9.75. The third-order valence-corrected chi connectivity index (χ3v) is 5.59. The molecule has 1 aromatic rings. The molecule has 0 radical (unpaired) electrons. The second kappa shape index (κ2) is 9.41. The number of ether oxygens (including phenoxy) is 1. The third kappa shape index (κ3) is 4.86. The van der Waals surface area contributed by atoms with Gasteiger partial charge in [-0.15, -0.1) is 6.42 Å². The summed E-state index contributed by atoms with van der Waals surface area (Å²) in [6.45, 7) is 0.150. The van der Waals surface area contributed by atoms with Gasteiger partial charge in [0.1, 0.15) is 6.04 Å². The molecule has 150 valence electrons. The average Bonchev–Trinajstić information content (AvgIpc) is 3.17. The smallest absolute Gasteiger partial charge is 0.238 e. The molecule has 3 rings (SSSR count). The Labute approximate surface area is 170 Å². The molecule has 2 aliphatic rings. The fraction of sp³-hybridized carbons (Fsp3) is 0.500. The van der Waals surface area contributed by atoms with E-state index in [-0.39, 0.29) is 42.0 Å². The van der Waals surface area contributed by atoms with Crippen molar-refractivity contribution in [3.8, 4) is 30.2 Å². The van der Waals surface area contributed by atoms with Gasteiger partial charge in [-0.25, -0.2) is 4.39 Å². The van der Waals surface area contributed by atoms with Gasteiger partial charge in [0.05, 0.1) is 36.4 Å². The highest BCUT2D eigenvalue weighted by molar-refractivity contribution is 5.80. The zero-order valence-corrected chi connectivity index (χ0v) is 16.1. The van der Waals surface area contributed by atoms with Crippen LogP contribution >= 0.6 is 0 Å². The van der Waals surface area contributed by atoms with Gasteiger partial charge in [0, 0.05) is 6.04 Å². The molecular weight excluding hydrogens is 371 g/mol. The van der Waals surface area contributed by atoms with Crippen molar-refractivity contribution >= 4 is 5.91 Å². The van der Waals surface area contributed by atoms with Crippen LogP contribution in [-0.2, 0) is 4.79 Å². The van der Waals surface area contributed by atoms with Gasteiger partial charge >= 0.3 is 0 Å². The van der Waals surface area contributed by atoms with Crippen LogP contribution in [0.4, 0.5) is 4.39 Å². The number of carbonyl (C=O) groups excluding carboxylic acids is 1. The highest BCUT2D eigenvalue weighted by Gasteiger charge is 2.36. The van der Waals surface area contributed by atoms with E-state index in [0.717, 1.165) is 25.7 Å². The first-order chi connectivity index (χ1) is 14.0. The number of carbonyl (C=O) groups is 1. The zero-order chi connectivity index (χ0) is 20.8. The molecule has 0 spiro atoms. The summed E-state index contributed by atoms with van der Waals surface area (Å²) >= 11 is 0. The van der Waals surface area contributed by atoms with Crippen LogP contribution in [0, 0.1) is 40.8 Å². The Morgan fingerprint density at radius 3 is 2.55 bits per heavy atom. The lowest BCUT2D eigenvalue weighted by Crippen LogP contribution is -2.47. The molecule has 1 saturated heterocycles. The number of halogens is 1. The molecule has 1 aromatic carbocycles. The number of nitriles is 2. The van der Waals surface area contributed by atoms with E-state index in [2.05, 4.69) is 17.3 Å². The molecule has 1 heterocycles. The standard InChI is InChI=1S/C22H23FN4O2/c1-2-17-6-7-18(13-25)27(17)22(28)14-26-16-4-8-19(9-5-16)29-21-10-3-15(12-24)11-20(21)23/h1,3,10-11,16-19,26H,4-9,14H2/t16?,17-,18-,19?/m0/s1.